The summed E-state index contributed by atoms with van der Waals surface area (Å²) in [7, 11) is 4.08. The Labute approximate surface area is 153 Å². The van der Waals surface area contributed by atoms with E-state index in [0.717, 1.165) is 22.5 Å². The molecule has 0 spiro atoms. The van der Waals surface area contributed by atoms with Crippen molar-refractivity contribution in [1.29, 1.82) is 0 Å². The SMILES string of the molecule is CN(C)c1ccc(-c2cc(-c3ccc(-c4ccccc4)cc3)[nH]n2)cc1. The predicted molar refractivity (Wildman–Crippen MR) is 109 cm³/mol. The molecule has 0 aliphatic rings. The van der Waals surface area contributed by atoms with Crippen molar-refractivity contribution in [3.8, 4) is 33.6 Å². The maximum absolute atomic E-state index is 4.48. The third-order valence-electron chi connectivity index (χ3n) is 4.56. The molecule has 0 saturated carbocycles. The Kier molecular flexibility index (Phi) is 4.28. The van der Waals surface area contributed by atoms with E-state index in [4.69, 9.17) is 0 Å². The highest BCUT2D eigenvalue weighted by Gasteiger charge is 2.07. The van der Waals surface area contributed by atoms with E-state index in [9.17, 15) is 0 Å². The molecule has 3 heteroatoms. The number of H-pyrrole nitrogens is 1. The van der Waals surface area contributed by atoms with Gasteiger partial charge in [-0.2, -0.15) is 5.10 Å². The van der Waals surface area contributed by atoms with Gasteiger partial charge in [0.15, 0.2) is 0 Å². The molecular formula is C23H21N3. The topological polar surface area (TPSA) is 31.9 Å². The molecule has 0 atom stereocenters. The van der Waals surface area contributed by atoms with E-state index in [1.165, 1.54) is 16.8 Å². The van der Waals surface area contributed by atoms with E-state index in [0.29, 0.717) is 0 Å². The van der Waals surface area contributed by atoms with Crippen LogP contribution in [0.4, 0.5) is 5.69 Å². The number of rotatable bonds is 4. The molecule has 1 N–H and O–H groups in total. The molecule has 4 aromatic rings. The van der Waals surface area contributed by atoms with Crippen LogP contribution in [-0.2, 0) is 0 Å². The standard InChI is InChI=1S/C23H21N3/c1-26(2)21-14-12-20(13-15-21)23-16-22(24-25-23)19-10-8-18(9-11-19)17-6-4-3-5-7-17/h3-16H,1-2H3,(H,24,25). The Bertz CT molecular complexity index is 982. The number of aromatic amines is 1. The number of aromatic nitrogens is 2. The average Bonchev–Trinajstić information content (AvgIpc) is 3.19. The molecule has 0 saturated heterocycles. The van der Waals surface area contributed by atoms with Crippen LogP contribution in [0.5, 0.6) is 0 Å². The predicted octanol–water partition coefficient (Wildman–Crippen LogP) is 5.48. The van der Waals surface area contributed by atoms with Gasteiger partial charge in [-0.25, -0.2) is 0 Å². The fraction of sp³-hybridized carbons (Fsp3) is 0.0870. The minimum Gasteiger partial charge on any atom is -0.378 e. The lowest BCUT2D eigenvalue weighted by Gasteiger charge is -2.12. The molecule has 0 aliphatic carbocycles. The Morgan fingerprint density at radius 1 is 0.654 bits per heavy atom. The summed E-state index contributed by atoms with van der Waals surface area (Å²) in [5.74, 6) is 0. The van der Waals surface area contributed by atoms with Crippen molar-refractivity contribution in [3.05, 3.63) is 84.9 Å². The van der Waals surface area contributed by atoms with Crippen LogP contribution in [0, 0.1) is 0 Å². The zero-order valence-corrected chi connectivity index (χ0v) is 15.0. The lowest BCUT2D eigenvalue weighted by Crippen LogP contribution is -2.07. The van der Waals surface area contributed by atoms with Crippen LogP contribution < -0.4 is 4.90 Å². The maximum atomic E-state index is 4.48. The van der Waals surface area contributed by atoms with Crippen LogP contribution in [-0.4, -0.2) is 24.3 Å². The van der Waals surface area contributed by atoms with E-state index in [-0.39, 0.29) is 0 Å². The first-order valence-electron chi connectivity index (χ1n) is 8.70. The molecule has 0 aliphatic heterocycles. The van der Waals surface area contributed by atoms with Gasteiger partial charge in [-0.05, 0) is 34.9 Å². The van der Waals surface area contributed by atoms with Gasteiger partial charge in [0.05, 0.1) is 11.4 Å². The van der Waals surface area contributed by atoms with Crippen molar-refractivity contribution in [1.82, 2.24) is 10.2 Å². The molecule has 4 rings (SSSR count). The third kappa shape index (κ3) is 3.24. The molecular weight excluding hydrogens is 318 g/mol. The third-order valence-corrected chi connectivity index (χ3v) is 4.56. The number of nitrogens with one attached hydrogen (secondary N) is 1. The normalized spacial score (nSPS) is 10.7. The monoisotopic (exact) mass is 339 g/mol. The first-order chi connectivity index (χ1) is 12.7. The Morgan fingerprint density at radius 2 is 1.23 bits per heavy atom. The second kappa shape index (κ2) is 6.89. The zero-order chi connectivity index (χ0) is 17.9. The maximum Gasteiger partial charge on any atom is 0.0927 e. The fourth-order valence-electron chi connectivity index (χ4n) is 3.02. The summed E-state index contributed by atoms with van der Waals surface area (Å²) in [6.07, 6.45) is 0. The van der Waals surface area contributed by atoms with Crippen LogP contribution in [0.15, 0.2) is 84.9 Å². The second-order valence-corrected chi connectivity index (χ2v) is 6.55. The molecule has 0 unspecified atom stereocenters. The van der Waals surface area contributed by atoms with E-state index in [1.807, 2.05) is 20.2 Å². The summed E-state index contributed by atoms with van der Waals surface area (Å²) in [5, 5.41) is 7.64. The highest BCUT2D eigenvalue weighted by molar-refractivity contribution is 5.72. The smallest absolute Gasteiger partial charge is 0.0927 e. The number of anilines is 1. The molecule has 3 aromatic carbocycles. The van der Waals surface area contributed by atoms with Gasteiger partial charge in [-0.1, -0.05) is 66.7 Å². The van der Waals surface area contributed by atoms with Gasteiger partial charge in [-0.15, -0.1) is 0 Å². The molecule has 0 radical (unpaired) electrons. The van der Waals surface area contributed by atoms with Crippen LogP contribution in [0.1, 0.15) is 0 Å². The number of hydrogen-bond donors (Lipinski definition) is 1. The molecule has 0 amide bonds. The summed E-state index contributed by atoms with van der Waals surface area (Å²) in [6.45, 7) is 0. The van der Waals surface area contributed by atoms with Gasteiger partial charge >= 0.3 is 0 Å². The van der Waals surface area contributed by atoms with Gasteiger partial charge in [0.25, 0.3) is 0 Å². The molecule has 3 nitrogen and oxygen atoms in total. The lowest BCUT2D eigenvalue weighted by atomic mass is 10.0. The molecule has 1 aromatic heterocycles. The summed E-state index contributed by atoms with van der Waals surface area (Å²) >= 11 is 0. The van der Waals surface area contributed by atoms with Crippen molar-refractivity contribution in [2.24, 2.45) is 0 Å². The molecule has 1 heterocycles. The van der Waals surface area contributed by atoms with E-state index in [1.54, 1.807) is 0 Å². The Hall–Kier alpha value is -3.33. The van der Waals surface area contributed by atoms with Crippen molar-refractivity contribution in [3.63, 3.8) is 0 Å². The second-order valence-electron chi connectivity index (χ2n) is 6.55. The molecule has 0 bridgehead atoms. The highest BCUT2D eigenvalue weighted by atomic mass is 15.1. The fourth-order valence-corrected chi connectivity index (χ4v) is 3.02. The van der Waals surface area contributed by atoms with E-state index < -0.39 is 0 Å². The van der Waals surface area contributed by atoms with Gasteiger partial charge in [0, 0.05) is 25.3 Å². The Balaban J connectivity index is 1.58. The minimum atomic E-state index is 0.956. The van der Waals surface area contributed by atoms with E-state index in [2.05, 4.69) is 94.0 Å². The minimum absolute atomic E-state index is 0.956. The molecule has 128 valence electrons. The summed E-state index contributed by atoms with van der Waals surface area (Å²) < 4.78 is 0. The van der Waals surface area contributed by atoms with Crippen LogP contribution >= 0.6 is 0 Å². The first-order valence-corrected chi connectivity index (χ1v) is 8.70. The van der Waals surface area contributed by atoms with Crippen LogP contribution in [0.3, 0.4) is 0 Å². The zero-order valence-electron chi connectivity index (χ0n) is 15.0. The van der Waals surface area contributed by atoms with Crippen LogP contribution in [0.2, 0.25) is 0 Å². The molecule has 26 heavy (non-hydrogen) atoms. The molecule has 0 fully saturated rings. The van der Waals surface area contributed by atoms with E-state index >= 15 is 0 Å². The quantitative estimate of drug-likeness (QED) is 0.534. The number of hydrogen-bond acceptors (Lipinski definition) is 2. The Morgan fingerprint density at radius 3 is 1.88 bits per heavy atom. The van der Waals surface area contributed by atoms with Gasteiger partial charge < -0.3 is 4.90 Å². The average molecular weight is 339 g/mol. The largest absolute Gasteiger partial charge is 0.378 e. The summed E-state index contributed by atoms with van der Waals surface area (Å²) in [6, 6.07) is 29.5. The van der Waals surface area contributed by atoms with Gasteiger partial charge in [0.2, 0.25) is 0 Å². The number of benzene rings is 3. The summed E-state index contributed by atoms with van der Waals surface area (Å²) in [5.41, 5.74) is 7.85. The van der Waals surface area contributed by atoms with Gasteiger partial charge in [-0.3, -0.25) is 5.10 Å². The lowest BCUT2D eigenvalue weighted by molar-refractivity contribution is 1.10. The van der Waals surface area contributed by atoms with Crippen LogP contribution in [0.25, 0.3) is 33.6 Å². The first kappa shape index (κ1) is 16.2. The summed E-state index contributed by atoms with van der Waals surface area (Å²) in [4.78, 5) is 2.09. The van der Waals surface area contributed by atoms with Crippen molar-refractivity contribution >= 4 is 5.69 Å². The van der Waals surface area contributed by atoms with Gasteiger partial charge in [0.1, 0.15) is 0 Å². The van der Waals surface area contributed by atoms with Crippen molar-refractivity contribution in [2.45, 2.75) is 0 Å². The van der Waals surface area contributed by atoms with Crippen molar-refractivity contribution < 1.29 is 0 Å². The van der Waals surface area contributed by atoms with Crippen molar-refractivity contribution in [2.75, 3.05) is 19.0 Å². The highest BCUT2D eigenvalue weighted by Crippen LogP contribution is 2.27. The number of nitrogens with zero attached hydrogens (tertiary/aromatic N) is 2.